The van der Waals surface area contributed by atoms with E-state index < -0.39 is 0 Å². The summed E-state index contributed by atoms with van der Waals surface area (Å²) >= 11 is 7.20. The lowest BCUT2D eigenvalue weighted by molar-refractivity contribution is 0.313. The highest BCUT2D eigenvalue weighted by Gasteiger charge is 2.13. The molecule has 0 bridgehead atoms. The second kappa shape index (κ2) is 5.99. The van der Waals surface area contributed by atoms with Crippen LogP contribution in [0, 0.1) is 12.7 Å². The number of hydrogen-bond donors (Lipinski definition) is 1. The number of aryl methyl sites for hydroxylation is 1. The number of nitrogens with one attached hydrogen (secondary N) is 1. The highest BCUT2D eigenvalue weighted by Crippen LogP contribution is 2.29. The van der Waals surface area contributed by atoms with E-state index >= 15 is 0 Å². The monoisotopic (exact) mass is 362 g/mol. The molecule has 3 heterocycles. The fraction of sp³-hybridized carbons (Fsp3) is 0.188. The minimum absolute atomic E-state index is 0.252. The van der Waals surface area contributed by atoms with Crippen molar-refractivity contribution in [3.63, 3.8) is 0 Å². The van der Waals surface area contributed by atoms with E-state index in [0.29, 0.717) is 33.7 Å². The van der Waals surface area contributed by atoms with Crippen molar-refractivity contribution in [2.75, 3.05) is 6.61 Å². The summed E-state index contributed by atoms with van der Waals surface area (Å²) < 4.78 is 19.7. The fourth-order valence-electron chi connectivity index (χ4n) is 2.74. The lowest BCUT2D eigenvalue weighted by Gasteiger charge is -2.06. The summed E-state index contributed by atoms with van der Waals surface area (Å²) in [5.41, 5.74) is 3.52. The average molecular weight is 363 g/mol. The summed E-state index contributed by atoms with van der Waals surface area (Å²) in [6, 6.07) is 4.73. The van der Waals surface area contributed by atoms with E-state index in [2.05, 4.69) is 19.9 Å². The SMILES string of the molecule is Cc1[nH]c2ccc(F)cc2c1CCOc1ncnc2sc(Cl)nc12. The second-order valence-corrected chi connectivity index (χ2v) is 6.88. The molecule has 0 unspecified atom stereocenters. The van der Waals surface area contributed by atoms with E-state index in [9.17, 15) is 4.39 Å². The highest BCUT2D eigenvalue weighted by molar-refractivity contribution is 7.21. The van der Waals surface area contributed by atoms with Crippen LogP contribution in [0.15, 0.2) is 24.5 Å². The summed E-state index contributed by atoms with van der Waals surface area (Å²) in [5, 5.41) is 0.876. The molecule has 3 aromatic heterocycles. The molecule has 0 aliphatic rings. The summed E-state index contributed by atoms with van der Waals surface area (Å²) in [6.45, 7) is 2.36. The molecule has 0 amide bonds. The second-order valence-electron chi connectivity index (χ2n) is 5.32. The maximum absolute atomic E-state index is 13.5. The van der Waals surface area contributed by atoms with Crippen molar-refractivity contribution in [2.45, 2.75) is 13.3 Å². The first kappa shape index (κ1) is 15.3. The van der Waals surface area contributed by atoms with Gasteiger partial charge in [-0.2, -0.15) is 4.98 Å². The molecule has 0 aliphatic heterocycles. The number of halogens is 2. The van der Waals surface area contributed by atoms with Gasteiger partial charge in [0.1, 0.15) is 12.1 Å². The Morgan fingerprint density at radius 1 is 1.33 bits per heavy atom. The number of ether oxygens (including phenoxy) is 1. The Kier molecular flexibility index (Phi) is 3.82. The molecule has 1 aromatic carbocycles. The summed E-state index contributed by atoms with van der Waals surface area (Å²) in [7, 11) is 0. The number of thiazole rings is 1. The first-order chi connectivity index (χ1) is 11.6. The molecule has 0 atom stereocenters. The standard InChI is InChI=1S/C16H12ClFN4OS/c1-8-10(11-6-9(18)2-3-12(11)21-8)4-5-23-14-13-15(20-7-19-14)24-16(17)22-13/h2-3,6-7,21H,4-5H2,1H3. The largest absolute Gasteiger partial charge is 0.476 e. The summed E-state index contributed by atoms with van der Waals surface area (Å²) in [6.07, 6.45) is 2.05. The van der Waals surface area contributed by atoms with Crippen molar-refractivity contribution >= 4 is 44.2 Å². The number of benzene rings is 1. The smallest absolute Gasteiger partial charge is 0.244 e. The van der Waals surface area contributed by atoms with Crippen LogP contribution in [-0.2, 0) is 6.42 Å². The molecule has 0 fully saturated rings. The van der Waals surface area contributed by atoms with Gasteiger partial charge in [0.15, 0.2) is 14.8 Å². The normalized spacial score (nSPS) is 11.5. The Labute approximate surface area is 145 Å². The van der Waals surface area contributed by atoms with Crippen molar-refractivity contribution in [2.24, 2.45) is 0 Å². The average Bonchev–Trinajstić information content (AvgIpc) is 3.07. The zero-order valence-electron chi connectivity index (χ0n) is 12.6. The summed E-state index contributed by atoms with van der Waals surface area (Å²) in [5.74, 6) is 0.158. The Morgan fingerprint density at radius 2 is 2.21 bits per heavy atom. The first-order valence-electron chi connectivity index (χ1n) is 7.28. The third-order valence-electron chi connectivity index (χ3n) is 3.81. The van der Waals surface area contributed by atoms with Gasteiger partial charge in [-0.15, -0.1) is 0 Å². The van der Waals surface area contributed by atoms with Crippen LogP contribution in [-0.4, -0.2) is 26.5 Å². The topological polar surface area (TPSA) is 63.7 Å². The number of hydrogen-bond acceptors (Lipinski definition) is 5. The number of rotatable bonds is 4. The van der Waals surface area contributed by atoms with E-state index in [4.69, 9.17) is 16.3 Å². The molecule has 5 nitrogen and oxygen atoms in total. The van der Waals surface area contributed by atoms with Crippen LogP contribution in [0.5, 0.6) is 5.88 Å². The molecule has 0 aliphatic carbocycles. The molecule has 0 saturated carbocycles. The van der Waals surface area contributed by atoms with E-state index in [0.717, 1.165) is 22.2 Å². The van der Waals surface area contributed by atoms with Crippen LogP contribution >= 0.6 is 22.9 Å². The Bertz CT molecular complexity index is 1050. The molecule has 122 valence electrons. The molecule has 4 rings (SSSR count). The first-order valence-corrected chi connectivity index (χ1v) is 8.48. The van der Waals surface area contributed by atoms with Crippen molar-refractivity contribution in [3.05, 3.63) is 46.1 Å². The van der Waals surface area contributed by atoms with Gasteiger partial charge in [0.25, 0.3) is 0 Å². The van der Waals surface area contributed by atoms with Crippen LogP contribution in [0.1, 0.15) is 11.3 Å². The van der Waals surface area contributed by atoms with Gasteiger partial charge in [-0.3, -0.25) is 0 Å². The van der Waals surface area contributed by atoms with Crippen molar-refractivity contribution in [1.29, 1.82) is 0 Å². The van der Waals surface area contributed by atoms with Gasteiger partial charge in [-0.1, -0.05) is 22.9 Å². The minimum atomic E-state index is -0.252. The number of aromatic amines is 1. The molecule has 4 aromatic rings. The van der Waals surface area contributed by atoms with E-state index in [1.54, 1.807) is 6.07 Å². The fourth-order valence-corrected chi connectivity index (χ4v) is 3.67. The highest BCUT2D eigenvalue weighted by atomic mass is 35.5. The molecule has 0 saturated heterocycles. The summed E-state index contributed by atoms with van der Waals surface area (Å²) in [4.78, 5) is 16.4. The molecule has 1 N–H and O–H groups in total. The Morgan fingerprint density at radius 3 is 3.08 bits per heavy atom. The van der Waals surface area contributed by atoms with Gasteiger partial charge in [0.05, 0.1) is 6.61 Å². The zero-order chi connectivity index (χ0) is 16.7. The van der Waals surface area contributed by atoms with Crippen LogP contribution in [0.2, 0.25) is 4.47 Å². The Hall–Kier alpha value is -2.25. The predicted octanol–water partition coefficient (Wildman–Crippen LogP) is 4.29. The number of nitrogens with zero attached hydrogens (tertiary/aromatic N) is 3. The number of aromatic nitrogens is 4. The maximum Gasteiger partial charge on any atom is 0.244 e. The third kappa shape index (κ3) is 2.70. The zero-order valence-corrected chi connectivity index (χ0v) is 14.2. The van der Waals surface area contributed by atoms with Crippen LogP contribution in [0.3, 0.4) is 0 Å². The quantitative estimate of drug-likeness (QED) is 0.588. The van der Waals surface area contributed by atoms with Crippen LogP contribution < -0.4 is 4.74 Å². The van der Waals surface area contributed by atoms with Crippen molar-refractivity contribution in [3.8, 4) is 5.88 Å². The van der Waals surface area contributed by atoms with Gasteiger partial charge in [-0.05, 0) is 30.7 Å². The molecule has 0 radical (unpaired) electrons. The van der Waals surface area contributed by atoms with E-state index in [1.807, 2.05) is 6.92 Å². The molecular weight excluding hydrogens is 351 g/mol. The van der Waals surface area contributed by atoms with Crippen molar-refractivity contribution in [1.82, 2.24) is 19.9 Å². The van der Waals surface area contributed by atoms with E-state index in [-0.39, 0.29) is 5.82 Å². The third-order valence-corrected chi connectivity index (χ3v) is 4.88. The maximum atomic E-state index is 13.5. The van der Waals surface area contributed by atoms with Gasteiger partial charge >= 0.3 is 0 Å². The van der Waals surface area contributed by atoms with Gasteiger partial charge in [0.2, 0.25) is 5.88 Å². The molecule has 0 spiro atoms. The Balaban J connectivity index is 1.57. The van der Waals surface area contributed by atoms with Crippen LogP contribution in [0.25, 0.3) is 21.3 Å². The molecule has 8 heteroatoms. The molecule has 24 heavy (non-hydrogen) atoms. The predicted molar refractivity (Wildman–Crippen MR) is 92.4 cm³/mol. The van der Waals surface area contributed by atoms with Crippen molar-refractivity contribution < 1.29 is 9.13 Å². The van der Waals surface area contributed by atoms with Gasteiger partial charge < -0.3 is 9.72 Å². The minimum Gasteiger partial charge on any atom is -0.476 e. The number of H-pyrrole nitrogens is 1. The lowest BCUT2D eigenvalue weighted by Crippen LogP contribution is -2.04. The van der Waals surface area contributed by atoms with Gasteiger partial charge in [-0.25, -0.2) is 14.4 Å². The van der Waals surface area contributed by atoms with Gasteiger partial charge in [0, 0.05) is 23.0 Å². The van der Waals surface area contributed by atoms with Crippen LogP contribution in [0.4, 0.5) is 4.39 Å². The van der Waals surface area contributed by atoms with E-state index in [1.165, 1.54) is 29.8 Å². The molecular formula is C16H12ClFN4OS. The lowest BCUT2D eigenvalue weighted by atomic mass is 10.1. The number of fused-ring (bicyclic) bond motifs is 2.